The maximum absolute atomic E-state index is 13.8. The quantitative estimate of drug-likeness (QED) is 0.138. The summed E-state index contributed by atoms with van der Waals surface area (Å²) in [7, 11) is 0. The third-order valence-electron chi connectivity index (χ3n) is 5.21. The van der Waals surface area contributed by atoms with E-state index in [9.17, 15) is 22.8 Å². The second kappa shape index (κ2) is 10.7. The van der Waals surface area contributed by atoms with E-state index >= 15 is 0 Å². The largest absolute Gasteiger partial charge is 0.453 e. The highest BCUT2D eigenvalue weighted by molar-refractivity contribution is 6.42. The minimum absolute atomic E-state index is 0.0497. The lowest BCUT2D eigenvalue weighted by Gasteiger charge is -2.13. The highest BCUT2D eigenvalue weighted by Gasteiger charge is 2.40. The molecule has 0 radical (unpaired) electrons. The first kappa shape index (κ1) is 26.3. The number of halogens is 5. The highest BCUT2D eigenvalue weighted by Crippen LogP contribution is 2.38. The topological polar surface area (TPSA) is 65.7 Å². The van der Waals surface area contributed by atoms with Crippen LogP contribution in [0.3, 0.4) is 0 Å². The molecule has 0 unspecified atom stereocenters. The van der Waals surface area contributed by atoms with Gasteiger partial charge in [-0.25, -0.2) is 4.79 Å². The van der Waals surface area contributed by atoms with Crippen LogP contribution in [0.25, 0.3) is 17.0 Å². The van der Waals surface area contributed by atoms with Gasteiger partial charge >= 0.3 is 12.1 Å². The molecule has 1 aromatic heterocycles. The SMILES string of the molecule is CCc1ccc(Oc2c(C(F)(F)F)oc3cc(OC(=O)C=Cc4ccc(Cl)c(Cl)c4)ccc3c2=O)cc1. The summed E-state index contributed by atoms with van der Waals surface area (Å²) in [6.45, 7) is 1.92. The van der Waals surface area contributed by atoms with E-state index in [1.165, 1.54) is 36.4 Å². The number of carbonyl (C=O) groups is 1. The molecular weight excluding hydrogens is 532 g/mol. The van der Waals surface area contributed by atoms with Crippen LogP contribution in [0.5, 0.6) is 17.2 Å². The molecule has 3 aromatic carbocycles. The first-order valence-electron chi connectivity index (χ1n) is 10.8. The van der Waals surface area contributed by atoms with Crippen molar-refractivity contribution in [2.75, 3.05) is 0 Å². The van der Waals surface area contributed by atoms with Crippen LogP contribution in [-0.4, -0.2) is 5.97 Å². The molecule has 0 aliphatic rings. The van der Waals surface area contributed by atoms with Gasteiger partial charge in [-0.2, -0.15) is 13.2 Å². The van der Waals surface area contributed by atoms with Crippen molar-refractivity contribution in [3.8, 4) is 17.2 Å². The molecule has 0 bridgehead atoms. The monoisotopic (exact) mass is 548 g/mol. The summed E-state index contributed by atoms with van der Waals surface area (Å²) < 4.78 is 56.9. The number of rotatable bonds is 6. The molecule has 0 spiro atoms. The van der Waals surface area contributed by atoms with Crippen LogP contribution in [0.2, 0.25) is 10.0 Å². The van der Waals surface area contributed by atoms with Crippen LogP contribution in [0, 0.1) is 0 Å². The fourth-order valence-corrected chi connectivity index (χ4v) is 3.65. The van der Waals surface area contributed by atoms with E-state index in [2.05, 4.69) is 0 Å². The van der Waals surface area contributed by atoms with Crippen molar-refractivity contribution < 1.29 is 31.9 Å². The van der Waals surface area contributed by atoms with Crippen molar-refractivity contribution in [1.29, 1.82) is 0 Å². The number of hydrogen-bond acceptors (Lipinski definition) is 5. The number of esters is 1. The highest BCUT2D eigenvalue weighted by atomic mass is 35.5. The first-order chi connectivity index (χ1) is 17.5. The summed E-state index contributed by atoms with van der Waals surface area (Å²) in [5, 5.41) is 0.461. The van der Waals surface area contributed by atoms with Gasteiger partial charge in [0.2, 0.25) is 11.2 Å². The molecule has 190 valence electrons. The Morgan fingerprint density at radius 3 is 2.32 bits per heavy atom. The molecule has 0 aliphatic carbocycles. The van der Waals surface area contributed by atoms with Crippen LogP contribution in [0.15, 0.2) is 76.0 Å². The van der Waals surface area contributed by atoms with E-state index in [0.717, 1.165) is 24.1 Å². The maximum atomic E-state index is 13.8. The van der Waals surface area contributed by atoms with Crippen molar-refractivity contribution in [3.05, 3.63) is 104 Å². The van der Waals surface area contributed by atoms with Gasteiger partial charge in [0.05, 0.1) is 15.4 Å². The minimum Gasteiger partial charge on any atom is -0.449 e. The van der Waals surface area contributed by atoms with Gasteiger partial charge in [-0.3, -0.25) is 4.79 Å². The molecule has 0 amide bonds. The average Bonchev–Trinajstić information content (AvgIpc) is 2.86. The minimum atomic E-state index is -5.03. The van der Waals surface area contributed by atoms with Crippen molar-refractivity contribution in [1.82, 2.24) is 0 Å². The standard InChI is InChI=1S/C27H17Cl2F3O5/c1-2-15-3-7-17(8-4-15)36-25-24(34)19-10-9-18(14-22(19)37-26(25)27(30,31)32)35-23(33)12-6-16-5-11-20(28)21(29)13-16/h3-14H,2H2,1H3. The summed E-state index contributed by atoms with van der Waals surface area (Å²) in [5.41, 5.74) is 0.0701. The van der Waals surface area contributed by atoms with Gasteiger partial charge in [0.15, 0.2) is 0 Å². The second-order valence-corrected chi connectivity index (χ2v) is 8.59. The van der Waals surface area contributed by atoms with Crippen molar-refractivity contribution in [2.45, 2.75) is 19.5 Å². The van der Waals surface area contributed by atoms with Gasteiger partial charge in [0.25, 0.3) is 5.76 Å². The molecule has 37 heavy (non-hydrogen) atoms. The third kappa shape index (κ3) is 6.15. The van der Waals surface area contributed by atoms with Gasteiger partial charge < -0.3 is 13.9 Å². The summed E-state index contributed by atoms with van der Waals surface area (Å²) in [4.78, 5) is 25.2. The second-order valence-electron chi connectivity index (χ2n) is 7.77. The van der Waals surface area contributed by atoms with Gasteiger partial charge in [0.1, 0.15) is 17.1 Å². The molecule has 10 heteroatoms. The Kier molecular flexibility index (Phi) is 7.61. The normalized spacial score (nSPS) is 11.7. The molecule has 0 saturated heterocycles. The molecule has 0 saturated carbocycles. The molecule has 5 nitrogen and oxygen atoms in total. The lowest BCUT2D eigenvalue weighted by atomic mass is 10.1. The van der Waals surface area contributed by atoms with Crippen LogP contribution < -0.4 is 14.9 Å². The van der Waals surface area contributed by atoms with Crippen LogP contribution >= 0.6 is 23.2 Å². The Labute approximate surface area is 218 Å². The Hall–Kier alpha value is -3.75. The number of ether oxygens (including phenoxy) is 2. The van der Waals surface area contributed by atoms with Crippen LogP contribution in [-0.2, 0) is 17.4 Å². The van der Waals surface area contributed by atoms with Gasteiger partial charge in [0, 0.05) is 12.1 Å². The predicted molar refractivity (Wildman–Crippen MR) is 135 cm³/mol. The number of fused-ring (bicyclic) bond motifs is 1. The van der Waals surface area contributed by atoms with E-state index < -0.39 is 34.7 Å². The van der Waals surface area contributed by atoms with E-state index in [4.69, 9.17) is 37.1 Å². The zero-order valence-corrected chi connectivity index (χ0v) is 20.6. The average molecular weight is 549 g/mol. The Morgan fingerprint density at radius 1 is 0.973 bits per heavy atom. The summed E-state index contributed by atoms with van der Waals surface area (Å²) in [5.74, 6) is -3.49. The van der Waals surface area contributed by atoms with Crippen molar-refractivity contribution in [2.24, 2.45) is 0 Å². The van der Waals surface area contributed by atoms with Crippen LogP contribution in [0.1, 0.15) is 23.8 Å². The molecule has 0 aliphatic heterocycles. The van der Waals surface area contributed by atoms with Gasteiger partial charge in [-0.05, 0) is 60.0 Å². The third-order valence-corrected chi connectivity index (χ3v) is 5.94. The maximum Gasteiger partial charge on any atom is 0.453 e. The van der Waals surface area contributed by atoms with Crippen LogP contribution in [0.4, 0.5) is 13.2 Å². The van der Waals surface area contributed by atoms with Crippen molar-refractivity contribution in [3.63, 3.8) is 0 Å². The predicted octanol–water partition coefficient (Wildman–Crippen LogP) is 8.09. The Morgan fingerprint density at radius 2 is 1.68 bits per heavy atom. The Balaban J connectivity index is 1.64. The fraction of sp³-hybridized carbons (Fsp3) is 0.111. The number of hydrogen-bond donors (Lipinski definition) is 0. The number of alkyl halides is 3. The molecule has 0 fully saturated rings. The number of benzene rings is 3. The molecule has 4 rings (SSSR count). The van der Waals surface area contributed by atoms with E-state index in [1.807, 2.05) is 6.92 Å². The van der Waals surface area contributed by atoms with Gasteiger partial charge in [-0.1, -0.05) is 48.3 Å². The summed E-state index contributed by atoms with van der Waals surface area (Å²) >= 11 is 11.8. The first-order valence-corrected chi connectivity index (χ1v) is 11.6. The Bertz CT molecular complexity index is 1560. The number of aryl methyl sites for hydroxylation is 1. The summed E-state index contributed by atoms with van der Waals surface area (Å²) in [6.07, 6.45) is -1.78. The van der Waals surface area contributed by atoms with E-state index in [-0.39, 0.29) is 16.9 Å². The molecule has 0 atom stereocenters. The molecular formula is C27H17Cl2F3O5. The van der Waals surface area contributed by atoms with E-state index in [1.54, 1.807) is 24.3 Å². The lowest BCUT2D eigenvalue weighted by molar-refractivity contribution is -0.154. The summed E-state index contributed by atoms with van der Waals surface area (Å²) in [6, 6.07) is 14.5. The molecule has 0 N–H and O–H groups in total. The zero-order valence-electron chi connectivity index (χ0n) is 19.1. The lowest BCUT2D eigenvalue weighted by Crippen LogP contribution is -2.15. The van der Waals surface area contributed by atoms with Gasteiger partial charge in [-0.15, -0.1) is 0 Å². The van der Waals surface area contributed by atoms with Crippen molar-refractivity contribution >= 4 is 46.2 Å². The zero-order chi connectivity index (χ0) is 26.7. The molecule has 1 heterocycles. The molecule has 4 aromatic rings. The number of carbonyl (C=O) groups excluding carboxylic acids is 1. The smallest absolute Gasteiger partial charge is 0.449 e. The van der Waals surface area contributed by atoms with E-state index in [0.29, 0.717) is 15.6 Å². The fourth-order valence-electron chi connectivity index (χ4n) is 3.34.